The molecule has 1 aliphatic heterocycles. The van der Waals surface area contributed by atoms with E-state index in [4.69, 9.17) is 14.2 Å². The first-order valence-corrected chi connectivity index (χ1v) is 13.0. The Balaban J connectivity index is 1.93. The van der Waals surface area contributed by atoms with Crippen LogP contribution in [0.25, 0.3) is 0 Å². The molecule has 0 saturated heterocycles. The van der Waals surface area contributed by atoms with E-state index >= 15 is 0 Å². The van der Waals surface area contributed by atoms with Gasteiger partial charge in [-0.2, -0.15) is 0 Å². The predicted molar refractivity (Wildman–Crippen MR) is 131 cm³/mol. The van der Waals surface area contributed by atoms with E-state index in [9.17, 15) is 18.0 Å². The summed E-state index contributed by atoms with van der Waals surface area (Å²) in [5.41, 5.74) is 1.04. The Labute approximate surface area is 205 Å². The van der Waals surface area contributed by atoms with Crippen molar-refractivity contribution >= 4 is 27.5 Å². The number of methoxy groups -OCH3 is 1. The van der Waals surface area contributed by atoms with Gasteiger partial charge in [0.1, 0.15) is 31.5 Å². The van der Waals surface area contributed by atoms with Gasteiger partial charge in [0, 0.05) is 19.7 Å². The van der Waals surface area contributed by atoms with Crippen LogP contribution in [0.5, 0.6) is 17.2 Å². The molecule has 2 aromatic rings. The zero-order chi connectivity index (χ0) is 25.6. The van der Waals surface area contributed by atoms with Gasteiger partial charge >= 0.3 is 0 Å². The highest BCUT2D eigenvalue weighted by Gasteiger charge is 2.31. The normalized spacial score (nSPS) is 13.5. The van der Waals surface area contributed by atoms with Gasteiger partial charge in [-0.1, -0.05) is 19.1 Å². The number of benzene rings is 2. The van der Waals surface area contributed by atoms with Crippen molar-refractivity contribution in [1.82, 2.24) is 10.2 Å². The smallest absolute Gasteiger partial charge is 0.244 e. The minimum absolute atomic E-state index is 0.119. The maximum Gasteiger partial charge on any atom is 0.244 e. The van der Waals surface area contributed by atoms with E-state index < -0.39 is 28.5 Å². The van der Waals surface area contributed by atoms with Crippen molar-refractivity contribution in [2.75, 3.05) is 44.5 Å². The topological polar surface area (TPSA) is 114 Å². The number of likely N-dealkylation sites (N-methyl/N-ethyl adjacent to an activating group) is 1. The fraction of sp³-hybridized carbons (Fsp3) is 0.417. The van der Waals surface area contributed by atoms with Crippen LogP contribution in [-0.2, 0) is 26.2 Å². The van der Waals surface area contributed by atoms with Crippen LogP contribution in [-0.4, -0.2) is 71.3 Å². The van der Waals surface area contributed by atoms with Crippen LogP contribution in [0.15, 0.2) is 42.5 Å². The monoisotopic (exact) mass is 505 g/mol. The first-order valence-electron chi connectivity index (χ1n) is 11.2. The van der Waals surface area contributed by atoms with Crippen LogP contribution in [0.3, 0.4) is 0 Å². The van der Waals surface area contributed by atoms with Crippen LogP contribution >= 0.6 is 0 Å². The van der Waals surface area contributed by atoms with Crippen LogP contribution in [0.4, 0.5) is 5.69 Å². The molecule has 0 unspecified atom stereocenters. The molecule has 1 atom stereocenters. The van der Waals surface area contributed by atoms with E-state index in [1.54, 1.807) is 50.4 Å². The van der Waals surface area contributed by atoms with Crippen molar-refractivity contribution in [3.63, 3.8) is 0 Å². The Morgan fingerprint density at radius 3 is 2.31 bits per heavy atom. The van der Waals surface area contributed by atoms with Gasteiger partial charge < -0.3 is 24.4 Å². The molecule has 10 nitrogen and oxygen atoms in total. The highest BCUT2D eigenvalue weighted by atomic mass is 32.2. The highest BCUT2D eigenvalue weighted by Crippen LogP contribution is 2.34. The molecule has 190 valence electrons. The second-order valence-corrected chi connectivity index (χ2v) is 9.91. The summed E-state index contributed by atoms with van der Waals surface area (Å²) in [6.07, 6.45) is 1.38. The highest BCUT2D eigenvalue weighted by molar-refractivity contribution is 7.92. The number of fused-ring (bicyclic) bond motifs is 1. The molecule has 0 radical (unpaired) electrons. The summed E-state index contributed by atoms with van der Waals surface area (Å²) in [5.74, 6) is 0.719. The van der Waals surface area contributed by atoms with Crippen molar-refractivity contribution in [2.45, 2.75) is 25.9 Å². The molecule has 0 bridgehead atoms. The van der Waals surface area contributed by atoms with Gasteiger partial charge in [0.2, 0.25) is 21.8 Å². The molecule has 11 heteroatoms. The quantitative estimate of drug-likeness (QED) is 0.524. The number of hydrogen-bond donors (Lipinski definition) is 1. The zero-order valence-electron chi connectivity index (χ0n) is 20.3. The number of ether oxygens (including phenoxy) is 3. The number of hydrogen-bond acceptors (Lipinski definition) is 7. The fourth-order valence-electron chi connectivity index (χ4n) is 3.81. The van der Waals surface area contributed by atoms with Crippen LogP contribution in [0.2, 0.25) is 0 Å². The van der Waals surface area contributed by atoms with Gasteiger partial charge in [0.25, 0.3) is 0 Å². The molecule has 0 saturated carbocycles. The molecule has 35 heavy (non-hydrogen) atoms. The lowest BCUT2D eigenvalue weighted by atomic mass is 10.1. The summed E-state index contributed by atoms with van der Waals surface area (Å²) in [7, 11) is -0.785. The molecule has 1 N–H and O–H groups in total. The Bertz CT molecular complexity index is 1150. The van der Waals surface area contributed by atoms with Gasteiger partial charge in [-0.15, -0.1) is 0 Å². The lowest BCUT2D eigenvalue weighted by Crippen LogP contribution is -2.51. The van der Waals surface area contributed by atoms with Gasteiger partial charge in [0.15, 0.2) is 11.5 Å². The van der Waals surface area contributed by atoms with Crippen molar-refractivity contribution in [3.8, 4) is 17.2 Å². The van der Waals surface area contributed by atoms with Crippen molar-refractivity contribution in [2.24, 2.45) is 0 Å². The standard InChI is InChI=1S/C24H31N3O7S/c1-5-20(24(29)25-2)26(15-17-6-9-19(32-3)10-7-17)23(28)16-27(35(4,30)31)18-8-11-21-22(14-18)34-13-12-33-21/h6-11,14,20H,5,12-13,15-16H2,1-4H3,(H,25,29)/t20-/m0/s1. The number of nitrogens with zero attached hydrogens (tertiary/aromatic N) is 2. The van der Waals surface area contributed by atoms with E-state index in [1.807, 2.05) is 0 Å². The van der Waals surface area contributed by atoms with E-state index in [2.05, 4.69) is 5.32 Å². The molecular weight excluding hydrogens is 474 g/mol. The first kappa shape index (κ1) is 26.1. The molecule has 0 aliphatic carbocycles. The third-order valence-electron chi connectivity index (χ3n) is 5.64. The van der Waals surface area contributed by atoms with E-state index in [0.29, 0.717) is 36.9 Å². The van der Waals surface area contributed by atoms with E-state index in [0.717, 1.165) is 16.1 Å². The fourth-order valence-corrected chi connectivity index (χ4v) is 4.66. The Kier molecular flexibility index (Phi) is 8.44. The molecule has 0 spiro atoms. The molecule has 2 amide bonds. The van der Waals surface area contributed by atoms with Gasteiger partial charge in [-0.05, 0) is 36.2 Å². The third kappa shape index (κ3) is 6.36. The lowest BCUT2D eigenvalue weighted by molar-refractivity contribution is -0.140. The Hall–Kier alpha value is -3.47. The van der Waals surface area contributed by atoms with Gasteiger partial charge in [0.05, 0.1) is 19.1 Å². The van der Waals surface area contributed by atoms with E-state index in [-0.39, 0.29) is 18.1 Å². The third-order valence-corrected chi connectivity index (χ3v) is 6.78. The molecule has 0 fully saturated rings. The molecule has 1 aliphatic rings. The number of rotatable bonds is 10. The summed E-state index contributed by atoms with van der Waals surface area (Å²) >= 11 is 0. The average molecular weight is 506 g/mol. The van der Waals surface area contributed by atoms with Crippen molar-refractivity contribution in [1.29, 1.82) is 0 Å². The molecule has 3 rings (SSSR count). The summed E-state index contributed by atoms with van der Waals surface area (Å²) < 4.78 is 42.7. The van der Waals surface area contributed by atoms with Gasteiger partial charge in [-0.25, -0.2) is 8.42 Å². The molecule has 1 heterocycles. The van der Waals surface area contributed by atoms with Crippen LogP contribution in [0, 0.1) is 0 Å². The molecule has 0 aromatic heterocycles. The van der Waals surface area contributed by atoms with Crippen molar-refractivity contribution < 1.29 is 32.2 Å². The van der Waals surface area contributed by atoms with Crippen LogP contribution in [0.1, 0.15) is 18.9 Å². The summed E-state index contributed by atoms with van der Waals surface area (Å²) in [6, 6.07) is 11.0. The second kappa shape index (κ2) is 11.3. The SMILES string of the molecule is CC[C@@H](C(=O)NC)N(Cc1ccc(OC)cc1)C(=O)CN(c1ccc2c(c1)OCCO2)S(C)(=O)=O. The Morgan fingerprint density at radius 1 is 1.09 bits per heavy atom. The average Bonchev–Trinajstić information content (AvgIpc) is 2.86. The van der Waals surface area contributed by atoms with Crippen molar-refractivity contribution in [3.05, 3.63) is 48.0 Å². The predicted octanol–water partition coefficient (Wildman–Crippen LogP) is 1.79. The number of carbonyl (C=O) groups excluding carboxylic acids is 2. The van der Waals surface area contributed by atoms with Gasteiger partial charge in [-0.3, -0.25) is 13.9 Å². The maximum absolute atomic E-state index is 13.6. The number of anilines is 1. The molecular formula is C24H31N3O7S. The number of amides is 2. The number of nitrogens with one attached hydrogen (secondary N) is 1. The zero-order valence-corrected chi connectivity index (χ0v) is 21.1. The summed E-state index contributed by atoms with van der Waals surface area (Å²) in [6.45, 7) is 2.17. The van der Waals surface area contributed by atoms with Crippen LogP contribution < -0.4 is 23.8 Å². The van der Waals surface area contributed by atoms with E-state index in [1.165, 1.54) is 18.0 Å². The maximum atomic E-state index is 13.6. The largest absolute Gasteiger partial charge is 0.497 e. The lowest BCUT2D eigenvalue weighted by Gasteiger charge is -2.32. The first-order chi connectivity index (χ1) is 16.7. The Morgan fingerprint density at radius 2 is 1.74 bits per heavy atom. The number of carbonyl (C=O) groups is 2. The molecule has 2 aromatic carbocycles. The second-order valence-electron chi connectivity index (χ2n) is 8.01. The number of sulfonamides is 1. The summed E-state index contributed by atoms with van der Waals surface area (Å²) in [4.78, 5) is 27.6. The summed E-state index contributed by atoms with van der Waals surface area (Å²) in [5, 5.41) is 2.59. The minimum atomic E-state index is -3.84. The minimum Gasteiger partial charge on any atom is -0.497 e.